The summed E-state index contributed by atoms with van der Waals surface area (Å²) in [6.07, 6.45) is -0.714. The molecule has 0 saturated carbocycles. The predicted octanol–water partition coefficient (Wildman–Crippen LogP) is 4.67. The van der Waals surface area contributed by atoms with Gasteiger partial charge in [0.1, 0.15) is 5.75 Å². The third-order valence-electron chi connectivity index (χ3n) is 3.36. The van der Waals surface area contributed by atoms with Gasteiger partial charge in [-0.25, -0.2) is 0 Å². The van der Waals surface area contributed by atoms with Crippen LogP contribution in [0.1, 0.15) is 19.4 Å². The Morgan fingerprint density at radius 3 is 2.40 bits per heavy atom. The largest absolute Gasteiger partial charge is 0.481 e. The van der Waals surface area contributed by atoms with Gasteiger partial charge in [-0.05, 0) is 55.8 Å². The second kappa shape index (κ2) is 8.23. The molecule has 5 nitrogen and oxygen atoms in total. The molecule has 0 aliphatic rings. The van der Waals surface area contributed by atoms with Crippen molar-refractivity contribution >= 4 is 46.4 Å². The highest BCUT2D eigenvalue weighted by Crippen LogP contribution is 2.26. The zero-order chi connectivity index (χ0) is 18.6. The van der Waals surface area contributed by atoms with E-state index in [4.69, 9.17) is 27.9 Å². The molecule has 1 unspecified atom stereocenters. The van der Waals surface area contributed by atoms with E-state index in [2.05, 4.69) is 10.6 Å². The molecule has 2 rings (SSSR count). The van der Waals surface area contributed by atoms with Crippen molar-refractivity contribution in [3.05, 3.63) is 52.0 Å². The summed E-state index contributed by atoms with van der Waals surface area (Å²) in [5.74, 6) is 0.0443. The van der Waals surface area contributed by atoms with Crippen LogP contribution in [0.5, 0.6) is 5.75 Å². The first-order chi connectivity index (χ1) is 11.8. The molecule has 0 aliphatic heterocycles. The summed E-state index contributed by atoms with van der Waals surface area (Å²) in [7, 11) is 0. The van der Waals surface area contributed by atoms with Crippen molar-refractivity contribution in [2.75, 3.05) is 10.6 Å². The molecule has 0 bridgehead atoms. The van der Waals surface area contributed by atoms with Crippen LogP contribution >= 0.6 is 23.2 Å². The Morgan fingerprint density at radius 1 is 1.08 bits per heavy atom. The van der Waals surface area contributed by atoms with E-state index in [0.717, 1.165) is 5.56 Å². The molecular formula is C18H18Cl2N2O3. The van der Waals surface area contributed by atoms with Crippen LogP contribution in [0.15, 0.2) is 36.4 Å². The molecule has 0 spiro atoms. The number of anilines is 2. The van der Waals surface area contributed by atoms with Crippen molar-refractivity contribution in [2.45, 2.75) is 26.9 Å². The first kappa shape index (κ1) is 19.1. The van der Waals surface area contributed by atoms with Crippen LogP contribution in [-0.2, 0) is 9.59 Å². The Morgan fingerprint density at radius 2 is 1.80 bits per heavy atom. The van der Waals surface area contributed by atoms with Gasteiger partial charge < -0.3 is 15.4 Å². The minimum absolute atomic E-state index is 0.223. The SMILES string of the molecule is CC(=O)Nc1ccc(NC(=O)C(C)Oc2ccc(Cl)cc2C)cc1Cl. The minimum Gasteiger partial charge on any atom is -0.481 e. The number of ether oxygens (including phenoxy) is 1. The van der Waals surface area contributed by atoms with Crippen LogP contribution in [0.3, 0.4) is 0 Å². The van der Waals surface area contributed by atoms with Gasteiger partial charge in [-0.15, -0.1) is 0 Å². The van der Waals surface area contributed by atoms with Gasteiger partial charge in [0.2, 0.25) is 5.91 Å². The second-order valence-electron chi connectivity index (χ2n) is 5.53. The number of benzene rings is 2. The normalized spacial score (nSPS) is 11.6. The van der Waals surface area contributed by atoms with E-state index in [0.29, 0.717) is 27.2 Å². The van der Waals surface area contributed by atoms with Crippen LogP contribution in [0.4, 0.5) is 11.4 Å². The lowest BCUT2D eigenvalue weighted by atomic mass is 10.2. The Bertz CT molecular complexity index is 809. The summed E-state index contributed by atoms with van der Waals surface area (Å²) in [6.45, 7) is 4.90. The molecule has 0 aliphatic carbocycles. The Balaban J connectivity index is 2.03. The van der Waals surface area contributed by atoms with E-state index in [-0.39, 0.29) is 11.8 Å². The average molecular weight is 381 g/mol. The summed E-state index contributed by atoms with van der Waals surface area (Å²) in [6, 6.07) is 10.0. The van der Waals surface area contributed by atoms with E-state index in [1.165, 1.54) is 6.92 Å². The van der Waals surface area contributed by atoms with E-state index in [1.54, 1.807) is 43.3 Å². The van der Waals surface area contributed by atoms with Crippen molar-refractivity contribution < 1.29 is 14.3 Å². The lowest BCUT2D eigenvalue weighted by Gasteiger charge is -2.17. The molecule has 0 radical (unpaired) electrons. The maximum Gasteiger partial charge on any atom is 0.265 e. The van der Waals surface area contributed by atoms with Gasteiger partial charge in [0, 0.05) is 17.6 Å². The summed E-state index contributed by atoms with van der Waals surface area (Å²) in [5.41, 5.74) is 1.83. The van der Waals surface area contributed by atoms with E-state index in [9.17, 15) is 9.59 Å². The number of hydrogen-bond acceptors (Lipinski definition) is 3. The quantitative estimate of drug-likeness (QED) is 0.791. The van der Waals surface area contributed by atoms with Crippen LogP contribution in [0.25, 0.3) is 0 Å². The van der Waals surface area contributed by atoms with Gasteiger partial charge >= 0.3 is 0 Å². The molecule has 2 aromatic carbocycles. The molecule has 2 amide bonds. The predicted molar refractivity (Wildman–Crippen MR) is 101 cm³/mol. The molecule has 25 heavy (non-hydrogen) atoms. The molecule has 0 saturated heterocycles. The number of carbonyl (C=O) groups is 2. The molecule has 2 aromatic rings. The standard InChI is InChI=1S/C18H18Cl2N2O3/c1-10-8-13(19)4-7-17(10)25-11(2)18(24)22-14-5-6-16(15(20)9-14)21-12(3)23/h4-9,11H,1-3H3,(H,21,23)(H,22,24). The van der Waals surface area contributed by atoms with E-state index in [1.807, 2.05) is 6.92 Å². The highest BCUT2D eigenvalue weighted by molar-refractivity contribution is 6.34. The molecule has 1 atom stereocenters. The van der Waals surface area contributed by atoms with Crippen molar-refractivity contribution in [1.29, 1.82) is 0 Å². The Kier molecular flexibility index (Phi) is 6.28. The molecule has 0 fully saturated rings. The topological polar surface area (TPSA) is 67.4 Å². The van der Waals surface area contributed by atoms with Gasteiger partial charge in [-0.3, -0.25) is 9.59 Å². The monoisotopic (exact) mass is 380 g/mol. The van der Waals surface area contributed by atoms with Crippen molar-refractivity contribution in [2.24, 2.45) is 0 Å². The third-order valence-corrected chi connectivity index (χ3v) is 3.91. The van der Waals surface area contributed by atoms with Gasteiger partial charge in [-0.2, -0.15) is 0 Å². The second-order valence-corrected chi connectivity index (χ2v) is 6.38. The van der Waals surface area contributed by atoms with Gasteiger partial charge in [0.05, 0.1) is 10.7 Å². The average Bonchev–Trinajstić information content (AvgIpc) is 2.52. The van der Waals surface area contributed by atoms with Crippen molar-refractivity contribution in [3.8, 4) is 5.75 Å². The van der Waals surface area contributed by atoms with Crippen molar-refractivity contribution in [3.63, 3.8) is 0 Å². The zero-order valence-corrected chi connectivity index (χ0v) is 15.5. The van der Waals surface area contributed by atoms with Gasteiger partial charge in [0.15, 0.2) is 6.10 Å². The first-order valence-corrected chi connectivity index (χ1v) is 8.32. The Hall–Kier alpha value is -2.24. The minimum atomic E-state index is -0.714. The fourth-order valence-corrected chi connectivity index (χ4v) is 2.57. The number of aryl methyl sites for hydroxylation is 1. The van der Waals surface area contributed by atoms with Crippen LogP contribution in [-0.4, -0.2) is 17.9 Å². The maximum atomic E-state index is 12.3. The number of rotatable bonds is 5. The molecule has 0 heterocycles. The van der Waals surface area contributed by atoms with Crippen LogP contribution in [0.2, 0.25) is 10.0 Å². The number of carbonyl (C=O) groups excluding carboxylic acids is 2. The summed E-state index contributed by atoms with van der Waals surface area (Å²) >= 11 is 12.0. The van der Waals surface area contributed by atoms with Gasteiger partial charge in [0.25, 0.3) is 5.91 Å². The van der Waals surface area contributed by atoms with E-state index < -0.39 is 6.10 Å². The lowest BCUT2D eigenvalue weighted by molar-refractivity contribution is -0.122. The number of halogens is 2. The Labute approximate surface area is 156 Å². The fraction of sp³-hybridized carbons (Fsp3) is 0.222. The molecule has 0 aromatic heterocycles. The molecular weight excluding hydrogens is 363 g/mol. The zero-order valence-electron chi connectivity index (χ0n) is 14.0. The first-order valence-electron chi connectivity index (χ1n) is 7.57. The summed E-state index contributed by atoms with van der Waals surface area (Å²) in [4.78, 5) is 23.4. The highest BCUT2D eigenvalue weighted by Gasteiger charge is 2.16. The molecule has 132 valence electrons. The highest BCUT2D eigenvalue weighted by atomic mass is 35.5. The van der Waals surface area contributed by atoms with Gasteiger partial charge in [-0.1, -0.05) is 23.2 Å². The van der Waals surface area contributed by atoms with Crippen LogP contribution in [0, 0.1) is 6.92 Å². The maximum absolute atomic E-state index is 12.3. The third kappa shape index (κ3) is 5.37. The van der Waals surface area contributed by atoms with E-state index >= 15 is 0 Å². The summed E-state index contributed by atoms with van der Waals surface area (Å²) in [5, 5.41) is 6.26. The molecule has 2 N–H and O–H groups in total. The van der Waals surface area contributed by atoms with Crippen molar-refractivity contribution in [1.82, 2.24) is 0 Å². The smallest absolute Gasteiger partial charge is 0.265 e. The fourth-order valence-electron chi connectivity index (χ4n) is 2.12. The van der Waals surface area contributed by atoms with Crippen LogP contribution < -0.4 is 15.4 Å². The summed E-state index contributed by atoms with van der Waals surface area (Å²) < 4.78 is 5.68. The lowest BCUT2D eigenvalue weighted by Crippen LogP contribution is -2.30. The number of hydrogen-bond donors (Lipinski definition) is 2. The number of nitrogens with one attached hydrogen (secondary N) is 2. The molecule has 7 heteroatoms. The number of amides is 2.